The normalized spacial score (nSPS) is 11.8. The summed E-state index contributed by atoms with van der Waals surface area (Å²) in [4.78, 5) is 22.1. The van der Waals surface area contributed by atoms with E-state index in [4.69, 9.17) is 11.6 Å². The second kappa shape index (κ2) is 9.19. The van der Waals surface area contributed by atoms with E-state index in [1.54, 1.807) is 53.3 Å². The highest BCUT2D eigenvalue weighted by Crippen LogP contribution is 2.34. The molecule has 0 aliphatic carbocycles. The first kappa shape index (κ1) is 23.7. The first-order chi connectivity index (χ1) is 17.3. The van der Waals surface area contributed by atoms with Crippen molar-refractivity contribution in [3.63, 3.8) is 0 Å². The van der Waals surface area contributed by atoms with Crippen LogP contribution in [0.5, 0.6) is 0 Å². The van der Waals surface area contributed by atoms with Gasteiger partial charge in [-0.15, -0.1) is 10.2 Å². The van der Waals surface area contributed by atoms with Gasteiger partial charge in [0, 0.05) is 35.6 Å². The summed E-state index contributed by atoms with van der Waals surface area (Å²) >= 11 is 6.10. The molecule has 0 fully saturated rings. The first-order valence-electron chi connectivity index (χ1n) is 11.0. The van der Waals surface area contributed by atoms with Crippen molar-refractivity contribution < 1.29 is 13.2 Å². The zero-order valence-electron chi connectivity index (χ0n) is 18.9. The van der Waals surface area contributed by atoms with Gasteiger partial charge in [0.1, 0.15) is 0 Å². The fourth-order valence-electron chi connectivity index (χ4n) is 4.04. The molecular formula is C25H18ClF3N6O. The Bertz CT molecular complexity index is 1590. The van der Waals surface area contributed by atoms with Crippen molar-refractivity contribution in [2.75, 3.05) is 0 Å². The highest BCUT2D eigenvalue weighted by molar-refractivity contribution is 6.30. The third-order valence-electron chi connectivity index (χ3n) is 5.75. The molecule has 4 heterocycles. The van der Waals surface area contributed by atoms with Gasteiger partial charge < -0.3 is 0 Å². The van der Waals surface area contributed by atoms with E-state index in [-0.39, 0.29) is 17.8 Å². The Balaban J connectivity index is 1.80. The van der Waals surface area contributed by atoms with Crippen molar-refractivity contribution in [3.8, 4) is 22.3 Å². The average molecular weight is 511 g/mol. The lowest BCUT2D eigenvalue weighted by Gasteiger charge is -2.17. The Hall–Kier alpha value is -4.05. The predicted molar refractivity (Wildman–Crippen MR) is 129 cm³/mol. The Labute approximate surface area is 207 Å². The lowest BCUT2D eigenvalue weighted by molar-refractivity contribution is -0.137. The molecule has 7 nitrogen and oxygen atoms in total. The van der Waals surface area contributed by atoms with Gasteiger partial charge in [0.15, 0.2) is 11.5 Å². The topological polar surface area (TPSA) is 78.0 Å². The largest absolute Gasteiger partial charge is 0.417 e. The van der Waals surface area contributed by atoms with E-state index in [0.29, 0.717) is 45.2 Å². The number of aryl methyl sites for hydroxylation is 1. The lowest BCUT2D eigenvalue weighted by atomic mass is 9.97. The molecule has 5 aromatic rings. The number of nitrogens with zero attached hydrogens (tertiary/aromatic N) is 6. The van der Waals surface area contributed by atoms with Gasteiger partial charge in [-0.25, -0.2) is 9.20 Å². The maximum atomic E-state index is 14.1. The predicted octanol–water partition coefficient (Wildman–Crippen LogP) is 5.30. The molecular weight excluding hydrogens is 493 g/mol. The molecule has 0 radical (unpaired) electrons. The lowest BCUT2D eigenvalue weighted by Crippen LogP contribution is -2.30. The van der Waals surface area contributed by atoms with Crippen molar-refractivity contribution in [2.24, 2.45) is 0 Å². The Kier molecular flexibility index (Phi) is 6.05. The van der Waals surface area contributed by atoms with Crippen molar-refractivity contribution >= 4 is 17.2 Å². The number of benzene rings is 1. The van der Waals surface area contributed by atoms with Crippen LogP contribution in [0.2, 0.25) is 5.02 Å². The molecule has 0 N–H and O–H groups in total. The summed E-state index contributed by atoms with van der Waals surface area (Å²) < 4.78 is 42.1. The number of fused-ring (bicyclic) bond motifs is 1. The van der Waals surface area contributed by atoms with Gasteiger partial charge in [0.05, 0.1) is 23.4 Å². The SMILES string of the molecule is CCc1nnc2c(-c3ccc(Cl)cc3)c(-c3ccncc3)c(=O)n(Cc3ccc(C(F)(F)F)cn3)n12. The third kappa shape index (κ3) is 4.24. The van der Waals surface area contributed by atoms with Gasteiger partial charge in [-0.3, -0.25) is 14.8 Å². The van der Waals surface area contributed by atoms with Gasteiger partial charge >= 0.3 is 6.18 Å². The van der Waals surface area contributed by atoms with Gasteiger partial charge in [0.25, 0.3) is 5.56 Å². The van der Waals surface area contributed by atoms with Gasteiger partial charge in [-0.1, -0.05) is 30.7 Å². The van der Waals surface area contributed by atoms with E-state index in [9.17, 15) is 18.0 Å². The molecule has 11 heteroatoms. The molecule has 0 aliphatic rings. The molecule has 36 heavy (non-hydrogen) atoms. The molecule has 0 unspecified atom stereocenters. The molecule has 0 spiro atoms. The summed E-state index contributed by atoms with van der Waals surface area (Å²) in [7, 11) is 0. The van der Waals surface area contributed by atoms with Gasteiger partial charge in [-0.2, -0.15) is 13.2 Å². The van der Waals surface area contributed by atoms with Crippen LogP contribution < -0.4 is 5.56 Å². The van der Waals surface area contributed by atoms with Crippen LogP contribution in [0.25, 0.3) is 27.9 Å². The Morgan fingerprint density at radius 2 is 1.61 bits per heavy atom. The highest BCUT2D eigenvalue weighted by atomic mass is 35.5. The van der Waals surface area contributed by atoms with E-state index < -0.39 is 11.7 Å². The second-order valence-corrected chi connectivity index (χ2v) is 8.43. The minimum absolute atomic E-state index is 0.0858. The molecule has 4 aromatic heterocycles. The van der Waals surface area contributed by atoms with Crippen molar-refractivity contribution in [2.45, 2.75) is 26.1 Å². The van der Waals surface area contributed by atoms with Crippen LogP contribution in [-0.4, -0.2) is 29.4 Å². The molecule has 0 aliphatic heterocycles. The fourth-order valence-corrected chi connectivity index (χ4v) is 4.16. The summed E-state index contributed by atoms with van der Waals surface area (Å²) in [5.74, 6) is 0.519. The Morgan fingerprint density at radius 1 is 0.917 bits per heavy atom. The van der Waals surface area contributed by atoms with Gasteiger partial charge in [0.2, 0.25) is 0 Å². The second-order valence-electron chi connectivity index (χ2n) is 8.00. The molecule has 0 saturated heterocycles. The number of halogens is 4. The molecule has 0 atom stereocenters. The summed E-state index contributed by atoms with van der Waals surface area (Å²) in [6, 6.07) is 12.7. The molecule has 5 rings (SSSR count). The summed E-state index contributed by atoms with van der Waals surface area (Å²) in [6.45, 7) is 1.79. The number of hydrogen-bond donors (Lipinski definition) is 0. The monoisotopic (exact) mass is 510 g/mol. The van der Waals surface area contributed by atoms with Crippen LogP contribution in [0, 0.1) is 0 Å². The zero-order chi connectivity index (χ0) is 25.4. The van der Waals surface area contributed by atoms with E-state index in [2.05, 4.69) is 20.2 Å². The number of pyridine rings is 2. The highest BCUT2D eigenvalue weighted by Gasteiger charge is 2.31. The quantitative estimate of drug-likeness (QED) is 0.321. The third-order valence-corrected chi connectivity index (χ3v) is 6.00. The average Bonchev–Trinajstić information content (AvgIpc) is 3.30. The van der Waals surface area contributed by atoms with Crippen LogP contribution in [-0.2, 0) is 19.1 Å². The van der Waals surface area contributed by atoms with E-state index >= 15 is 0 Å². The van der Waals surface area contributed by atoms with E-state index in [0.717, 1.165) is 12.3 Å². The van der Waals surface area contributed by atoms with Crippen molar-refractivity contribution in [1.29, 1.82) is 0 Å². The number of aromatic nitrogens is 6. The number of hydrogen-bond acceptors (Lipinski definition) is 5. The van der Waals surface area contributed by atoms with Crippen LogP contribution in [0.3, 0.4) is 0 Å². The van der Waals surface area contributed by atoms with Crippen LogP contribution in [0.15, 0.2) is 71.9 Å². The van der Waals surface area contributed by atoms with E-state index in [1.165, 1.54) is 10.7 Å². The summed E-state index contributed by atoms with van der Waals surface area (Å²) in [5, 5.41) is 9.23. The minimum atomic E-state index is -4.51. The fraction of sp³-hybridized carbons (Fsp3) is 0.160. The zero-order valence-corrected chi connectivity index (χ0v) is 19.6. The minimum Gasteiger partial charge on any atom is -0.267 e. The van der Waals surface area contributed by atoms with Crippen molar-refractivity contribution in [1.82, 2.24) is 29.4 Å². The first-order valence-corrected chi connectivity index (χ1v) is 11.3. The smallest absolute Gasteiger partial charge is 0.267 e. The molecule has 1 aromatic carbocycles. The van der Waals surface area contributed by atoms with Gasteiger partial charge in [-0.05, 0) is 47.5 Å². The van der Waals surface area contributed by atoms with Crippen LogP contribution >= 0.6 is 11.6 Å². The molecule has 0 amide bonds. The molecule has 0 saturated carbocycles. The van der Waals surface area contributed by atoms with Crippen LogP contribution in [0.1, 0.15) is 24.0 Å². The standard InChI is InChI=1S/C25H18ClF3N6O/c1-2-20-32-33-23-21(15-3-6-18(26)7-4-15)22(16-9-11-30-12-10-16)24(36)34(35(20)23)14-19-8-5-17(13-31-19)25(27,28)29/h3-13H,2,14H2,1H3. The number of rotatable bonds is 5. The molecule has 0 bridgehead atoms. The van der Waals surface area contributed by atoms with Crippen molar-refractivity contribution in [3.05, 3.63) is 99.6 Å². The maximum Gasteiger partial charge on any atom is 0.417 e. The maximum absolute atomic E-state index is 14.1. The Morgan fingerprint density at radius 3 is 2.22 bits per heavy atom. The molecule has 182 valence electrons. The summed E-state index contributed by atoms with van der Waals surface area (Å²) in [5.41, 5.74) is 1.70. The number of alkyl halides is 3. The summed E-state index contributed by atoms with van der Waals surface area (Å²) in [6.07, 6.45) is -0.124. The van der Waals surface area contributed by atoms with E-state index in [1.807, 2.05) is 6.92 Å². The van der Waals surface area contributed by atoms with Crippen LogP contribution in [0.4, 0.5) is 13.2 Å².